The van der Waals surface area contributed by atoms with Crippen LogP contribution in [0.3, 0.4) is 0 Å². The van der Waals surface area contributed by atoms with Gasteiger partial charge in [-0.05, 0) is 30.3 Å². The van der Waals surface area contributed by atoms with E-state index in [1.165, 1.54) is 31.1 Å². The Labute approximate surface area is 233 Å². The van der Waals surface area contributed by atoms with Gasteiger partial charge in [0.05, 0.1) is 10.7 Å². The zero-order valence-electron chi connectivity index (χ0n) is 21.9. The zero-order valence-corrected chi connectivity index (χ0v) is 23.5. The number of anilines is 1. The molecule has 0 radical (unpaired) electrons. The maximum Gasteiger partial charge on any atom is 0.414 e. The maximum absolute atomic E-state index is 15.2. The Morgan fingerprint density at radius 3 is 2.69 bits per heavy atom. The summed E-state index contributed by atoms with van der Waals surface area (Å²) in [5.74, 6) is -0.932. The molecule has 39 heavy (non-hydrogen) atoms. The smallest absolute Gasteiger partial charge is 0.414 e. The molecule has 1 fully saturated rings. The molecule has 2 heterocycles. The number of nitrogens with one attached hydrogen (secondary N) is 3. The molecule has 0 spiro atoms. The van der Waals surface area contributed by atoms with Crippen LogP contribution in [-0.2, 0) is 24.0 Å². The van der Waals surface area contributed by atoms with Gasteiger partial charge in [0.25, 0.3) is 0 Å². The van der Waals surface area contributed by atoms with E-state index in [9.17, 15) is 13.8 Å². The van der Waals surface area contributed by atoms with Gasteiger partial charge in [0.15, 0.2) is 11.6 Å². The van der Waals surface area contributed by atoms with Crippen molar-refractivity contribution in [1.29, 1.82) is 0 Å². The number of carbonyl (C=O) groups is 1. The van der Waals surface area contributed by atoms with Crippen molar-refractivity contribution in [1.82, 2.24) is 19.8 Å². The summed E-state index contributed by atoms with van der Waals surface area (Å²) in [4.78, 5) is 28.7. The van der Waals surface area contributed by atoms with Crippen LogP contribution in [0, 0.1) is 5.82 Å². The normalized spacial score (nSPS) is 14.8. The highest BCUT2D eigenvalue weighted by molar-refractivity contribution is 7.83. The molecule has 1 unspecified atom stereocenters. The van der Waals surface area contributed by atoms with Crippen molar-refractivity contribution < 1.29 is 22.5 Å². The molecule has 3 aromatic rings. The fourth-order valence-electron chi connectivity index (χ4n) is 4.28. The Balaban J connectivity index is 1.78. The van der Waals surface area contributed by atoms with Crippen molar-refractivity contribution in [2.45, 2.75) is 13.0 Å². The molecule has 1 atom stereocenters. The molecule has 1 saturated heterocycles. The third-order valence-electron chi connectivity index (χ3n) is 6.39. The number of fused-ring (bicyclic) bond motifs is 1. The Morgan fingerprint density at radius 1 is 1.26 bits per heavy atom. The minimum absolute atomic E-state index is 0.118. The molecular formula is C26H31ClFN5O5S. The summed E-state index contributed by atoms with van der Waals surface area (Å²) in [6, 6.07) is 7.82. The van der Waals surface area contributed by atoms with Crippen LogP contribution in [0.25, 0.3) is 11.0 Å². The van der Waals surface area contributed by atoms with Crippen LogP contribution in [0.2, 0.25) is 5.02 Å². The lowest BCUT2D eigenvalue weighted by molar-refractivity contribution is 0.170. The fourth-order valence-corrected chi connectivity index (χ4v) is 4.97. The van der Waals surface area contributed by atoms with Gasteiger partial charge < -0.3 is 24.7 Å². The Bertz CT molecular complexity index is 1440. The predicted octanol–water partition coefficient (Wildman–Crippen LogP) is 2.89. The highest BCUT2D eigenvalue weighted by atomic mass is 35.5. The summed E-state index contributed by atoms with van der Waals surface area (Å²) >= 11 is 6.67. The number of rotatable bonds is 9. The van der Waals surface area contributed by atoms with E-state index < -0.39 is 28.5 Å². The van der Waals surface area contributed by atoms with E-state index in [4.69, 9.17) is 20.8 Å². The minimum Gasteiger partial charge on any atom is -0.422 e. The van der Waals surface area contributed by atoms with E-state index in [0.29, 0.717) is 39.3 Å². The third-order valence-corrected chi connectivity index (χ3v) is 7.70. The van der Waals surface area contributed by atoms with Gasteiger partial charge in [0.2, 0.25) is 0 Å². The quantitative estimate of drug-likeness (QED) is 0.332. The second-order valence-corrected chi connectivity index (χ2v) is 11.0. The van der Waals surface area contributed by atoms with Crippen LogP contribution in [0.15, 0.2) is 39.5 Å². The molecule has 0 bridgehead atoms. The van der Waals surface area contributed by atoms with Gasteiger partial charge in [-0.2, -0.15) is 0 Å². The van der Waals surface area contributed by atoms with Crippen LogP contribution in [0.4, 0.5) is 14.9 Å². The first-order valence-electron chi connectivity index (χ1n) is 12.3. The number of piperazine rings is 1. The van der Waals surface area contributed by atoms with Gasteiger partial charge in [-0.15, -0.1) is 0 Å². The Morgan fingerprint density at radius 2 is 2.00 bits per heavy atom. The number of halogens is 2. The number of amides is 1. The number of hydrogen-bond acceptors (Lipinski definition) is 8. The first-order valence-corrected chi connectivity index (χ1v) is 14.0. The molecule has 1 aromatic heterocycles. The average molecular weight is 580 g/mol. The number of carbonyl (C=O) groups excluding carboxylic acids is 1. The molecule has 3 N–H and O–H groups in total. The van der Waals surface area contributed by atoms with Crippen molar-refractivity contribution >= 4 is 45.3 Å². The first kappa shape index (κ1) is 29.0. The summed E-state index contributed by atoms with van der Waals surface area (Å²) in [5.41, 5.74) is 1.74. The van der Waals surface area contributed by atoms with Gasteiger partial charge >= 0.3 is 11.7 Å². The molecule has 1 amide bonds. The standard InChI is InChI=1S/C26H31ClFN5O5S/c1-29-39(36)15-31-21-6-4-5-16(24(21)27)11-18-19(14-33-9-7-30-8-10-33)17-12-20(28)23(38-26(35)32(2)3)13-22(17)37-25(18)34/h4-6,12-13,29-31H,7-11,14-15H2,1-3H3. The van der Waals surface area contributed by atoms with Crippen LogP contribution in [-0.4, -0.2) is 73.3 Å². The van der Waals surface area contributed by atoms with Gasteiger partial charge in [0.1, 0.15) is 22.4 Å². The van der Waals surface area contributed by atoms with Crippen LogP contribution in [0.1, 0.15) is 16.7 Å². The third kappa shape index (κ3) is 6.95. The lowest BCUT2D eigenvalue weighted by Crippen LogP contribution is -2.43. The number of ether oxygens (including phenoxy) is 1. The summed E-state index contributed by atoms with van der Waals surface area (Å²) in [6.45, 7) is 3.49. The number of benzene rings is 2. The predicted molar refractivity (Wildman–Crippen MR) is 150 cm³/mol. The summed E-state index contributed by atoms with van der Waals surface area (Å²) in [7, 11) is 3.27. The maximum atomic E-state index is 15.2. The molecule has 2 aromatic carbocycles. The molecule has 210 valence electrons. The Hall–Kier alpha value is -3.03. The molecule has 0 aliphatic carbocycles. The summed E-state index contributed by atoms with van der Waals surface area (Å²) < 4.78 is 40.4. The van der Waals surface area contributed by atoms with E-state index in [0.717, 1.165) is 26.2 Å². The fraction of sp³-hybridized carbons (Fsp3) is 0.385. The van der Waals surface area contributed by atoms with Crippen molar-refractivity contribution in [3.8, 4) is 5.75 Å². The van der Waals surface area contributed by atoms with Gasteiger partial charge in [-0.1, -0.05) is 23.7 Å². The second-order valence-electron chi connectivity index (χ2n) is 9.24. The lowest BCUT2D eigenvalue weighted by atomic mass is 9.97. The highest BCUT2D eigenvalue weighted by Gasteiger charge is 2.23. The van der Waals surface area contributed by atoms with Crippen molar-refractivity contribution in [3.63, 3.8) is 0 Å². The van der Waals surface area contributed by atoms with Crippen LogP contribution in [0.5, 0.6) is 5.75 Å². The Kier molecular flexibility index (Phi) is 9.57. The van der Waals surface area contributed by atoms with Gasteiger partial charge in [-0.25, -0.2) is 22.9 Å². The zero-order chi connectivity index (χ0) is 28.1. The van der Waals surface area contributed by atoms with E-state index >= 15 is 4.39 Å². The van der Waals surface area contributed by atoms with E-state index in [1.807, 2.05) is 0 Å². The molecule has 13 heteroatoms. The van der Waals surface area contributed by atoms with Crippen molar-refractivity contribution in [2.75, 3.05) is 58.5 Å². The van der Waals surface area contributed by atoms with Gasteiger partial charge in [0, 0.05) is 70.3 Å². The SMILES string of the molecule is CNS(=O)CNc1cccc(Cc2c(CN3CCNCC3)c3cc(F)c(OC(=O)N(C)C)cc3oc2=O)c1Cl. The molecule has 0 saturated carbocycles. The monoisotopic (exact) mass is 579 g/mol. The minimum atomic E-state index is -1.28. The number of hydrogen-bond donors (Lipinski definition) is 3. The number of nitrogens with zero attached hydrogens (tertiary/aromatic N) is 2. The summed E-state index contributed by atoms with van der Waals surface area (Å²) in [6.07, 6.45) is -0.614. The molecule has 10 nitrogen and oxygen atoms in total. The van der Waals surface area contributed by atoms with Crippen molar-refractivity contribution in [3.05, 3.63) is 68.3 Å². The van der Waals surface area contributed by atoms with Gasteiger partial charge in [-0.3, -0.25) is 4.90 Å². The van der Waals surface area contributed by atoms with Crippen LogP contribution >= 0.6 is 11.6 Å². The van der Waals surface area contributed by atoms with E-state index in [-0.39, 0.29) is 23.6 Å². The largest absolute Gasteiger partial charge is 0.422 e. The van der Waals surface area contributed by atoms with E-state index in [2.05, 4.69) is 20.3 Å². The highest BCUT2D eigenvalue weighted by Crippen LogP contribution is 2.32. The lowest BCUT2D eigenvalue weighted by Gasteiger charge is -2.28. The topological polar surface area (TPSA) is 116 Å². The first-order chi connectivity index (χ1) is 18.7. The summed E-state index contributed by atoms with van der Waals surface area (Å²) in [5, 5.41) is 7.15. The second kappa shape index (κ2) is 12.9. The van der Waals surface area contributed by atoms with Crippen LogP contribution < -0.4 is 25.7 Å². The molecule has 1 aliphatic rings. The molecule has 4 rings (SSSR count). The van der Waals surface area contributed by atoms with Crippen molar-refractivity contribution in [2.24, 2.45) is 0 Å². The van der Waals surface area contributed by atoms with E-state index in [1.54, 1.807) is 25.2 Å². The molecule has 1 aliphatic heterocycles. The molecular weight excluding hydrogens is 549 g/mol. The average Bonchev–Trinajstić information content (AvgIpc) is 2.92.